The second kappa shape index (κ2) is 6.88. The van der Waals surface area contributed by atoms with Crippen molar-refractivity contribution in [3.8, 4) is 0 Å². The Morgan fingerprint density at radius 2 is 2.00 bits per heavy atom. The summed E-state index contributed by atoms with van der Waals surface area (Å²) in [7, 11) is 2.21. The summed E-state index contributed by atoms with van der Waals surface area (Å²) in [5, 5.41) is 0. The van der Waals surface area contributed by atoms with Gasteiger partial charge >= 0.3 is 0 Å². The molecule has 0 aromatic rings. The second-order valence-electron chi connectivity index (χ2n) is 6.47. The lowest BCUT2D eigenvalue weighted by Gasteiger charge is -2.48. The molecule has 0 aromatic heterocycles. The highest BCUT2D eigenvalue weighted by molar-refractivity contribution is 4.96. The van der Waals surface area contributed by atoms with Crippen molar-refractivity contribution in [2.45, 2.75) is 58.6 Å². The third-order valence-electron chi connectivity index (χ3n) is 4.81. The maximum absolute atomic E-state index is 6.10. The van der Waals surface area contributed by atoms with Crippen LogP contribution < -0.4 is 5.73 Å². The number of nitrogens with two attached hydrogens (primary N) is 1. The Morgan fingerprint density at radius 3 is 2.50 bits per heavy atom. The van der Waals surface area contributed by atoms with Crippen molar-refractivity contribution >= 4 is 0 Å². The largest absolute Gasteiger partial charge is 0.377 e. The third kappa shape index (κ3) is 3.94. The number of rotatable bonds is 6. The zero-order valence-electron chi connectivity index (χ0n) is 12.9. The number of likely N-dealkylation sites (N-methyl/N-ethyl adjacent to an activating group) is 1. The predicted molar refractivity (Wildman–Crippen MR) is 77.7 cm³/mol. The highest BCUT2D eigenvalue weighted by Crippen LogP contribution is 2.38. The molecule has 1 fully saturated rings. The van der Waals surface area contributed by atoms with Gasteiger partial charge in [-0.1, -0.05) is 13.8 Å². The lowest BCUT2D eigenvalue weighted by Crippen LogP contribution is -2.56. The summed E-state index contributed by atoms with van der Waals surface area (Å²) in [5.74, 6) is 1.61. The summed E-state index contributed by atoms with van der Waals surface area (Å²) in [6, 6.07) is 0. The highest BCUT2D eigenvalue weighted by atomic mass is 16.5. The van der Waals surface area contributed by atoms with E-state index in [2.05, 4.69) is 39.6 Å². The zero-order chi connectivity index (χ0) is 13.8. The molecule has 1 aliphatic carbocycles. The van der Waals surface area contributed by atoms with Gasteiger partial charge in [-0.2, -0.15) is 0 Å². The summed E-state index contributed by atoms with van der Waals surface area (Å²) in [6.45, 7) is 11.5. The van der Waals surface area contributed by atoms with Gasteiger partial charge in [0.05, 0.1) is 12.7 Å². The van der Waals surface area contributed by atoms with Gasteiger partial charge in [0, 0.05) is 18.6 Å². The van der Waals surface area contributed by atoms with E-state index in [-0.39, 0.29) is 5.54 Å². The normalized spacial score (nSPS) is 33.3. The van der Waals surface area contributed by atoms with Crippen LogP contribution in [-0.4, -0.2) is 43.3 Å². The van der Waals surface area contributed by atoms with E-state index in [9.17, 15) is 0 Å². The van der Waals surface area contributed by atoms with E-state index in [1.165, 1.54) is 19.3 Å². The van der Waals surface area contributed by atoms with Gasteiger partial charge in [0.1, 0.15) is 0 Å². The zero-order valence-corrected chi connectivity index (χ0v) is 12.9. The summed E-state index contributed by atoms with van der Waals surface area (Å²) < 4.78 is 5.66. The molecule has 0 amide bonds. The van der Waals surface area contributed by atoms with Gasteiger partial charge in [-0.15, -0.1) is 0 Å². The molecule has 0 aromatic carbocycles. The Kier molecular flexibility index (Phi) is 6.09. The molecule has 18 heavy (non-hydrogen) atoms. The average molecular weight is 256 g/mol. The summed E-state index contributed by atoms with van der Waals surface area (Å²) >= 11 is 0. The fraction of sp³-hybridized carbons (Fsp3) is 1.00. The van der Waals surface area contributed by atoms with E-state index < -0.39 is 0 Å². The molecule has 0 spiro atoms. The van der Waals surface area contributed by atoms with Crippen LogP contribution in [0.1, 0.15) is 47.0 Å². The third-order valence-corrected chi connectivity index (χ3v) is 4.81. The molecule has 0 heterocycles. The van der Waals surface area contributed by atoms with Crippen molar-refractivity contribution in [3.05, 3.63) is 0 Å². The van der Waals surface area contributed by atoms with Gasteiger partial charge in [0.25, 0.3) is 0 Å². The topological polar surface area (TPSA) is 38.5 Å². The van der Waals surface area contributed by atoms with Gasteiger partial charge in [-0.05, 0) is 52.0 Å². The molecule has 2 N–H and O–H groups in total. The number of ether oxygens (including phenoxy) is 1. The molecular formula is C15H32N2O. The maximum atomic E-state index is 6.10. The van der Waals surface area contributed by atoms with E-state index in [1.807, 2.05) is 0 Å². The smallest absolute Gasteiger partial charge is 0.0597 e. The molecule has 0 radical (unpaired) electrons. The predicted octanol–water partition coefficient (Wildman–Crippen LogP) is 2.50. The summed E-state index contributed by atoms with van der Waals surface area (Å²) in [4.78, 5) is 2.44. The highest BCUT2D eigenvalue weighted by Gasteiger charge is 2.39. The molecule has 1 saturated carbocycles. The first kappa shape index (κ1) is 15.9. The van der Waals surface area contributed by atoms with E-state index >= 15 is 0 Å². The van der Waals surface area contributed by atoms with Crippen molar-refractivity contribution in [2.24, 2.45) is 17.6 Å². The van der Waals surface area contributed by atoms with Crippen LogP contribution in [0.3, 0.4) is 0 Å². The molecule has 108 valence electrons. The van der Waals surface area contributed by atoms with Gasteiger partial charge < -0.3 is 10.5 Å². The second-order valence-corrected chi connectivity index (χ2v) is 6.47. The van der Waals surface area contributed by atoms with Crippen molar-refractivity contribution in [1.29, 1.82) is 0 Å². The van der Waals surface area contributed by atoms with Crippen LogP contribution in [0.4, 0.5) is 0 Å². The Labute approximate surface area is 113 Å². The van der Waals surface area contributed by atoms with Gasteiger partial charge in [0.15, 0.2) is 0 Å². The summed E-state index contributed by atoms with van der Waals surface area (Å²) in [6.07, 6.45) is 4.07. The lowest BCUT2D eigenvalue weighted by molar-refractivity contribution is 0.00384. The fourth-order valence-corrected chi connectivity index (χ4v) is 3.03. The molecule has 3 atom stereocenters. The Hall–Kier alpha value is -0.120. The van der Waals surface area contributed by atoms with E-state index in [4.69, 9.17) is 10.5 Å². The van der Waals surface area contributed by atoms with Gasteiger partial charge in [-0.3, -0.25) is 4.90 Å². The van der Waals surface area contributed by atoms with E-state index in [0.29, 0.717) is 6.10 Å². The van der Waals surface area contributed by atoms with Crippen LogP contribution in [0.25, 0.3) is 0 Å². The molecule has 3 unspecified atom stereocenters. The average Bonchev–Trinajstić information content (AvgIpc) is 2.32. The molecule has 0 bridgehead atoms. The van der Waals surface area contributed by atoms with Crippen LogP contribution in [-0.2, 0) is 4.74 Å². The minimum absolute atomic E-state index is 0.201. The van der Waals surface area contributed by atoms with Crippen LogP contribution in [0, 0.1) is 11.8 Å². The van der Waals surface area contributed by atoms with Crippen LogP contribution in [0.15, 0.2) is 0 Å². The number of nitrogens with zero attached hydrogens (tertiary/aromatic N) is 1. The lowest BCUT2D eigenvalue weighted by atomic mass is 9.70. The monoisotopic (exact) mass is 256 g/mol. The standard InChI is InChI=1S/C15H32N2O/c1-12(2)18-9-8-17(5)15(11-16)7-6-13(3)14(4)10-15/h12-14H,6-11,16H2,1-5H3. The van der Waals surface area contributed by atoms with Gasteiger partial charge in [0.2, 0.25) is 0 Å². The van der Waals surface area contributed by atoms with Crippen molar-refractivity contribution in [1.82, 2.24) is 4.90 Å². The maximum Gasteiger partial charge on any atom is 0.0597 e. The Balaban J connectivity index is 2.53. The minimum Gasteiger partial charge on any atom is -0.377 e. The SMILES string of the molecule is CC(C)OCCN(C)C1(CN)CCC(C)C(C)C1. The molecule has 0 saturated heterocycles. The molecule has 3 heteroatoms. The Bertz CT molecular complexity index is 245. The molecular weight excluding hydrogens is 224 g/mol. The van der Waals surface area contributed by atoms with Gasteiger partial charge in [-0.25, -0.2) is 0 Å². The quantitative estimate of drug-likeness (QED) is 0.793. The molecule has 1 rings (SSSR count). The molecule has 0 aliphatic heterocycles. The first-order valence-electron chi connectivity index (χ1n) is 7.44. The summed E-state index contributed by atoms with van der Waals surface area (Å²) in [5.41, 5.74) is 6.30. The van der Waals surface area contributed by atoms with Crippen LogP contribution >= 0.6 is 0 Å². The Morgan fingerprint density at radius 1 is 1.33 bits per heavy atom. The van der Waals surface area contributed by atoms with Crippen molar-refractivity contribution in [3.63, 3.8) is 0 Å². The van der Waals surface area contributed by atoms with E-state index in [0.717, 1.165) is 31.5 Å². The first-order chi connectivity index (χ1) is 8.41. The van der Waals surface area contributed by atoms with Crippen LogP contribution in [0.2, 0.25) is 0 Å². The van der Waals surface area contributed by atoms with Crippen molar-refractivity contribution < 1.29 is 4.74 Å². The minimum atomic E-state index is 0.201. The first-order valence-corrected chi connectivity index (χ1v) is 7.44. The number of hydrogen-bond acceptors (Lipinski definition) is 3. The number of hydrogen-bond donors (Lipinski definition) is 1. The van der Waals surface area contributed by atoms with Crippen molar-refractivity contribution in [2.75, 3.05) is 26.7 Å². The molecule has 3 nitrogen and oxygen atoms in total. The van der Waals surface area contributed by atoms with E-state index in [1.54, 1.807) is 0 Å². The van der Waals surface area contributed by atoms with Crippen LogP contribution in [0.5, 0.6) is 0 Å². The fourth-order valence-electron chi connectivity index (χ4n) is 3.03. The molecule has 1 aliphatic rings.